The Morgan fingerprint density at radius 2 is 1.68 bits per heavy atom. The third kappa shape index (κ3) is 5.18. The standard InChI is InChI=1S/C27H15Br2N3O6/c28-20-11-17(12-21(29)25(20)37-15-16-5-7-18(8-6-16)32(33)34)14-31-27-19(13-30)24(22-3-1-9-35-22)26(38-27)23-4-2-10-36-23/h1-12,14H,15H2. The van der Waals surface area contributed by atoms with Crippen LogP contribution in [0, 0.1) is 21.4 Å². The summed E-state index contributed by atoms with van der Waals surface area (Å²) in [7, 11) is 0. The highest BCUT2D eigenvalue weighted by atomic mass is 79.9. The molecule has 11 heteroatoms. The van der Waals surface area contributed by atoms with E-state index < -0.39 is 4.92 Å². The van der Waals surface area contributed by atoms with Crippen LogP contribution in [-0.2, 0) is 6.61 Å². The predicted octanol–water partition coefficient (Wildman–Crippen LogP) is 8.43. The van der Waals surface area contributed by atoms with Gasteiger partial charge >= 0.3 is 0 Å². The van der Waals surface area contributed by atoms with Crippen LogP contribution in [0.2, 0.25) is 0 Å². The summed E-state index contributed by atoms with van der Waals surface area (Å²) < 4.78 is 24.2. The molecule has 38 heavy (non-hydrogen) atoms. The zero-order valence-corrected chi connectivity index (χ0v) is 22.4. The van der Waals surface area contributed by atoms with E-state index in [0.717, 1.165) is 5.56 Å². The molecule has 0 radical (unpaired) electrons. The largest absolute Gasteiger partial charge is 0.487 e. The van der Waals surface area contributed by atoms with Gasteiger partial charge in [-0.25, -0.2) is 4.99 Å². The molecular formula is C27H15Br2N3O6. The average molecular weight is 637 g/mol. The molecule has 0 aliphatic carbocycles. The van der Waals surface area contributed by atoms with E-state index in [1.165, 1.54) is 24.7 Å². The summed E-state index contributed by atoms with van der Waals surface area (Å²) in [5.74, 6) is 1.89. The molecule has 0 atom stereocenters. The Balaban J connectivity index is 1.41. The molecule has 0 aliphatic heterocycles. The van der Waals surface area contributed by atoms with Crippen molar-refractivity contribution in [3.05, 3.63) is 109 Å². The van der Waals surface area contributed by atoms with Gasteiger partial charge < -0.3 is 18.0 Å². The number of aliphatic imine (C=N–C) groups is 1. The number of rotatable bonds is 8. The minimum Gasteiger partial charge on any atom is -0.487 e. The Hall–Kier alpha value is -4.40. The van der Waals surface area contributed by atoms with Crippen molar-refractivity contribution < 1.29 is 22.9 Å². The molecule has 0 spiro atoms. The van der Waals surface area contributed by atoms with Crippen LogP contribution in [0.15, 0.2) is 100 Å². The van der Waals surface area contributed by atoms with Crippen molar-refractivity contribution in [2.45, 2.75) is 6.61 Å². The van der Waals surface area contributed by atoms with E-state index in [2.05, 4.69) is 42.9 Å². The number of ether oxygens (including phenoxy) is 1. The van der Waals surface area contributed by atoms with Crippen LogP contribution in [0.4, 0.5) is 11.6 Å². The van der Waals surface area contributed by atoms with Gasteiger partial charge in [0.15, 0.2) is 11.5 Å². The first-order chi connectivity index (χ1) is 18.4. The number of nitro groups is 1. The van der Waals surface area contributed by atoms with Crippen molar-refractivity contribution in [2.24, 2.45) is 4.99 Å². The molecule has 5 rings (SSSR count). The second kappa shape index (κ2) is 10.9. The molecule has 5 aromatic rings. The molecule has 3 aromatic heterocycles. The molecule has 0 amide bonds. The lowest BCUT2D eigenvalue weighted by Crippen LogP contribution is -1.98. The molecule has 0 N–H and O–H groups in total. The molecule has 0 unspecified atom stereocenters. The van der Waals surface area contributed by atoms with Gasteiger partial charge in [0, 0.05) is 18.3 Å². The zero-order chi connectivity index (χ0) is 26.6. The molecule has 9 nitrogen and oxygen atoms in total. The number of benzene rings is 2. The minimum absolute atomic E-state index is 0.0171. The van der Waals surface area contributed by atoms with Crippen LogP contribution in [0.1, 0.15) is 16.7 Å². The van der Waals surface area contributed by atoms with Gasteiger partial charge in [-0.1, -0.05) is 0 Å². The van der Waals surface area contributed by atoms with E-state index >= 15 is 0 Å². The SMILES string of the molecule is N#Cc1c(N=Cc2cc(Br)c(OCc3ccc([N+](=O)[O-])cc3)c(Br)c2)oc(-c2ccco2)c1-c1ccco1. The molecule has 0 saturated carbocycles. The van der Waals surface area contributed by atoms with Crippen molar-refractivity contribution in [1.82, 2.24) is 0 Å². The zero-order valence-electron chi connectivity index (χ0n) is 19.3. The fourth-order valence-electron chi connectivity index (χ4n) is 3.65. The van der Waals surface area contributed by atoms with Gasteiger partial charge in [-0.15, -0.1) is 0 Å². The quantitative estimate of drug-likeness (QED) is 0.0949. The number of hydrogen-bond acceptors (Lipinski definition) is 8. The van der Waals surface area contributed by atoms with Crippen molar-refractivity contribution >= 4 is 49.6 Å². The van der Waals surface area contributed by atoms with E-state index in [-0.39, 0.29) is 23.7 Å². The average Bonchev–Trinajstić information content (AvgIpc) is 3.68. The second-order valence-electron chi connectivity index (χ2n) is 7.84. The van der Waals surface area contributed by atoms with Crippen LogP contribution in [0.5, 0.6) is 5.75 Å². The molecule has 0 fully saturated rings. The molecule has 0 saturated heterocycles. The number of nitriles is 1. The Bertz CT molecular complexity index is 1640. The van der Waals surface area contributed by atoms with Crippen LogP contribution >= 0.6 is 31.9 Å². The Morgan fingerprint density at radius 1 is 1.03 bits per heavy atom. The summed E-state index contributed by atoms with van der Waals surface area (Å²) in [6.07, 6.45) is 4.59. The minimum atomic E-state index is -0.448. The van der Waals surface area contributed by atoms with Crippen molar-refractivity contribution in [1.29, 1.82) is 5.26 Å². The predicted molar refractivity (Wildman–Crippen MR) is 145 cm³/mol. The van der Waals surface area contributed by atoms with Gasteiger partial charge in [-0.3, -0.25) is 10.1 Å². The number of non-ortho nitro benzene ring substituents is 1. The fraction of sp³-hybridized carbons (Fsp3) is 0.0370. The number of hydrogen-bond donors (Lipinski definition) is 0. The topological polar surface area (TPSA) is 128 Å². The number of nitrogens with zero attached hydrogens (tertiary/aromatic N) is 3. The molecule has 0 bridgehead atoms. The summed E-state index contributed by atoms with van der Waals surface area (Å²) in [5.41, 5.74) is 2.16. The lowest BCUT2D eigenvalue weighted by molar-refractivity contribution is -0.384. The van der Waals surface area contributed by atoms with E-state index in [9.17, 15) is 15.4 Å². The first kappa shape index (κ1) is 25.3. The van der Waals surface area contributed by atoms with Crippen LogP contribution < -0.4 is 4.74 Å². The third-order valence-corrected chi connectivity index (χ3v) is 6.57. The lowest BCUT2D eigenvalue weighted by atomic mass is 10.1. The molecule has 2 aromatic carbocycles. The van der Waals surface area contributed by atoms with E-state index in [1.54, 1.807) is 54.7 Å². The summed E-state index contributed by atoms with van der Waals surface area (Å²) >= 11 is 7.04. The van der Waals surface area contributed by atoms with Gasteiger partial charge in [0.25, 0.3) is 5.69 Å². The van der Waals surface area contributed by atoms with Crippen LogP contribution in [-0.4, -0.2) is 11.1 Å². The van der Waals surface area contributed by atoms with E-state index in [0.29, 0.717) is 43.1 Å². The number of halogens is 2. The maximum Gasteiger partial charge on any atom is 0.269 e. The highest BCUT2D eigenvalue weighted by Crippen LogP contribution is 2.43. The fourth-order valence-corrected chi connectivity index (χ4v) is 5.10. The number of furan rings is 3. The Kier molecular flexibility index (Phi) is 7.26. The highest BCUT2D eigenvalue weighted by molar-refractivity contribution is 9.11. The van der Waals surface area contributed by atoms with Gasteiger partial charge in [-0.05, 0) is 91.5 Å². The second-order valence-corrected chi connectivity index (χ2v) is 9.55. The lowest BCUT2D eigenvalue weighted by Gasteiger charge is -2.11. The van der Waals surface area contributed by atoms with E-state index in [4.69, 9.17) is 18.0 Å². The van der Waals surface area contributed by atoms with Crippen molar-refractivity contribution in [3.8, 4) is 34.7 Å². The smallest absolute Gasteiger partial charge is 0.269 e. The first-order valence-corrected chi connectivity index (χ1v) is 12.6. The van der Waals surface area contributed by atoms with Crippen LogP contribution in [0.25, 0.3) is 22.8 Å². The summed E-state index contributed by atoms with van der Waals surface area (Å²) in [6, 6.07) is 18.8. The molecule has 3 heterocycles. The molecule has 188 valence electrons. The Morgan fingerprint density at radius 3 is 2.26 bits per heavy atom. The molecule has 0 aliphatic rings. The van der Waals surface area contributed by atoms with E-state index in [1.807, 2.05) is 0 Å². The maximum absolute atomic E-state index is 10.8. The van der Waals surface area contributed by atoms with Gasteiger partial charge in [0.1, 0.15) is 29.7 Å². The maximum atomic E-state index is 10.8. The normalized spacial score (nSPS) is 11.1. The number of nitro benzene ring substituents is 1. The monoisotopic (exact) mass is 635 g/mol. The van der Waals surface area contributed by atoms with Gasteiger partial charge in [0.05, 0.1) is 32.0 Å². The third-order valence-electron chi connectivity index (χ3n) is 5.40. The summed E-state index contributed by atoms with van der Waals surface area (Å²) in [5, 5.41) is 20.7. The van der Waals surface area contributed by atoms with Crippen LogP contribution in [0.3, 0.4) is 0 Å². The van der Waals surface area contributed by atoms with Crippen molar-refractivity contribution in [3.63, 3.8) is 0 Å². The first-order valence-electron chi connectivity index (χ1n) is 11.0. The van der Waals surface area contributed by atoms with Gasteiger partial charge in [0.2, 0.25) is 5.88 Å². The summed E-state index contributed by atoms with van der Waals surface area (Å²) in [6.45, 7) is 0.214. The van der Waals surface area contributed by atoms with Gasteiger partial charge in [-0.2, -0.15) is 5.26 Å². The molecular weight excluding hydrogens is 622 g/mol. The van der Waals surface area contributed by atoms with Crippen molar-refractivity contribution in [2.75, 3.05) is 0 Å². The summed E-state index contributed by atoms with van der Waals surface area (Å²) in [4.78, 5) is 14.8. The Labute approximate surface area is 232 Å². The highest BCUT2D eigenvalue weighted by Gasteiger charge is 2.26.